The monoisotopic (exact) mass is 419 g/mol. The van der Waals surface area contributed by atoms with Crippen LogP contribution in [0.1, 0.15) is 23.0 Å². The van der Waals surface area contributed by atoms with E-state index in [1.165, 1.54) is 18.2 Å². The normalized spacial score (nSPS) is 10.7. The minimum atomic E-state index is -0.632. The van der Waals surface area contributed by atoms with Gasteiger partial charge in [-0.1, -0.05) is 12.1 Å². The maximum absolute atomic E-state index is 13.9. The molecule has 0 saturated carbocycles. The van der Waals surface area contributed by atoms with Crippen LogP contribution in [0.25, 0.3) is 5.65 Å². The van der Waals surface area contributed by atoms with Crippen LogP contribution < -0.4 is 5.32 Å². The zero-order valence-corrected chi connectivity index (χ0v) is 15.4. The van der Waals surface area contributed by atoms with Gasteiger partial charge in [-0.05, 0) is 47.1 Å². The van der Waals surface area contributed by atoms with Crippen molar-refractivity contribution in [1.29, 1.82) is 0 Å². The largest absolute Gasteiger partial charge is 0.466 e. The van der Waals surface area contributed by atoms with Gasteiger partial charge in [-0.2, -0.15) is 0 Å². The summed E-state index contributed by atoms with van der Waals surface area (Å²) in [5.74, 6) is -1.43. The summed E-state index contributed by atoms with van der Waals surface area (Å²) in [6, 6.07) is 9.19. The molecule has 134 valence electrons. The maximum Gasteiger partial charge on any atom is 0.312 e. The third-order valence-electron chi connectivity index (χ3n) is 3.62. The number of aromatic nitrogens is 2. The van der Waals surface area contributed by atoms with E-state index in [1.807, 2.05) is 0 Å². The third kappa shape index (κ3) is 3.75. The number of fused-ring (bicyclic) bond motifs is 1. The van der Waals surface area contributed by atoms with Gasteiger partial charge in [-0.25, -0.2) is 9.37 Å². The van der Waals surface area contributed by atoms with E-state index < -0.39 is 17.7 Å². The molecule has 2 heterocycles. The summed E-state index contributed by atoms with van der Waals surface area (Å²) in [5, 5.41) is 2.66. The van der Waals surface area contributed by atoms with Crippen molar-refractivity contribution >= 4 is 39.3 Å². The molecule has 6 nitrogen and oxygen atoms in total. The number of nitrogens with one attached hydrogen (secondary N) is 1. The molecular weight excluding hydrogens is 405 g/mol. The van der Waals surface area contributed by atoms with Crippen LogP contribution in [-0.4, -0.2) is 27.9 Å². The Kier molecular flexibility index (Phi) is 5.32. The molecule has 1 N–H and O–H groups in total. The highest BCUT2D eigenvalue weighted by molar-refractivity contribution is 9.10. The number of benzene rings is 1. The highest BCUT2D eigenvalue weighted by Crippen LogP contribution is 2.23. The second kappa shape index (κ2) is 7.65. The molecular formula is C18H15BrFN3O3. The maximum atomic E-state index is 13.9. The molecule has 26 heavy (non-hydrogen) atoms. The predicted molar refractivity (Wildman–Crippen MR) is 97.6 cm³/mol. The topological polar surface area (TPSA) is 72.7 Å². The van der Waals surface area contributed by atoms with Crippen molar-refractivity contribution in [1.82, 2.24) is 9.38 Å². The molecule has 3 rings (SSSR count). The van der Waals surface area contributed by atoms with Crippen LogP contribution in [-0.2, 0) is 16.0 Å². The third-order valence-corrected chi connectivity index (χ3v) is 4.09. The first kappa shape index (κ1) is 18.1. The van der Waals surface area contributed by atoms with Gasteiger partial charge in [0.25, 0.3) is 5.91 Å². The molecule has 0 saturated heterocycles. The van der Waals surface area contributed by atoms with Gasteiger partial charge < -0.3 is 10.1 Å². The molecule has 0 spiro atoms. The van der Waals surface area contributed by atoms with Gasteiger partial charge >= 0.3 is 5.97 Å². The first-order chi connectivity index (χ1) is 12.5. The van der Waals surface area contributed by atoms with Crippen molar-refractivity contribution in [2.45, 2.75) is 13.3 Å². The Morgan fingerprint density at radius 3 is 2.77 bits per heavy atom. The molecule has 0 atom stereocenters. The van der Waals surface area contributed by atoms with E-state index in [1.54, 1.807) is 35.7 Å². The van der Waals surface area contributed by atoms with Gasteiger partial charge in [-0.3, -0.25) is 14.0 Å². The Hall–Kier alpha value is -2.74. The molecule has 0 fully saturated rings. The molecule has 0 radical (unpaired) electrons. The molecule has 3 aromatic rings. The van der Waals surface area contributed by atoms with Gasteiger partial charge in [-0.15, -0.1) is 0 Å². The summed E-state index contributed by atoms with van der Waals surface area (Å²) in [7, 11) is 0. The van der Waals surface area contributed by atoms with Gasteiger partial charge in [0.15, 0.2) is 0 Å². The van der Waals surface area contributed by atoms with E-state index in [4.69, 9.17) is 4.74 Å². The summed E-state index contributed by atoms with van der Waals surface area (Å²) in [5.41, 5.74) is 0.780. The molecule has 1 amide bonds. The summed E-state index contributed by atoms with van der Waals surface area (Å²) < 4.78 is 21.2. The van der Waals surface area contributed by atoms with E-state index >= 15 is 0 Å². The average molecular weight is 420 g/mol. The zero-order valence-electron chi connectivity index (χ0n) is 13.8. The number of anilines is 1. The molecule has 1 aromatic carbocycles. The molecule has 0 aliphatic carbocycles. The highest BCUT2D eigenvalue weighted by atomic mass is 79.9. The number of esters is 1. The molecule has 0 aliphatic rings. The Balaban J connectivity index is 2.01. The number of imidazole rings is 1. The van der Waals surface area contributed by atoms with Crippen LogP contribution in [0.15, 0.2) is 47.1 Å². The second-order valence-corrected chi connectivity index (χ2v) is 6.31. The van der Waals surface area contributed by atoms with E-state index in [0.717, 1.165) is 4.47 Å². The Labute approximate surface area is 157 Å². The van der Waals surface area contributed by atoms with E-state index in [2.05, 4.69) is 26.2 Å². The minimum Gasteiger partial charge on any atom is -0.466 e. The fourth-order valence-corrected chi connectivity index (χ4v) is 2.83. The minimum absolute atomic E-state index is 0.0977. The predicted octanol–water partition coefficient (Wildman–Crippen LogP) is 3.59. The van der Waals surface area contributed by atoms with Crippen molar-refractivity contribution < 1.29 is 18.7 Å². The first-order valence-corrected chi connectivity index (χ1v) is 8.67. The number of amides is 1. The summed E-state index contributed by atoms with van der Waals surface area (Å²) in [4.78, 5) is 28.7. The van der Waals surface area contributed by atoms with Crippen molar-refractivity contribution in [2.24, 2.45) is 0 Å². The number of carbonyl (C=O) groups excluding carboxylic acids is 2. The molecule has 0 bridgehead atoms. The summed E-state index contributed by atoms with van der Waals surface area (Å²) in [6.45, 7) is 1.95. The fourth-order valence-electron chi connectivity index (χ4n) is 2.49. The number of pyridine rings is 1. The van der Waals surface area contributed by atoms with Crippen molar-refractivity contribution in [3.8, 4) is 0 Å². The molecule has 8 heteroatoms. The quantitative estimate of drug-likeness (QED) is 0.641. The van der Waals surface area contributed by atoms with E-state index in [-0.39, 0.29) is 18.6 Å². The number of carbonyl (C=O) groups is 2. The van der Waals surface area contributed by atoms with Crippen LogP contribution in [0.5, 0.6) is 0 Å². The fraction of sp³-hybridized carbons (Fsp3) is 0.167. The second-order valence-electron chi connectivity index (χ2n) is 5.40. The lowest BCUT2D eigenvalue weighted by molar-refractivity contribution is -0.142. The number of nitrogens with zero attached hydrogens (tertiary/aromatic N) is 2. The van der Waals surface area contributed by atoms with Crippen LogP contribution in [0, 0.1) is 5.82 Å². The van der Waals surface area contributed by atoms with Gasteiger partial charge in [0, 0.05) is 10.7 Å². The lowest BCUT2D eigenvalue weighted by Gasteiger charge is -2.08. The van der Waals surface area contributed by atoms with Crippen LogP contribution in [0.3, 0.4) is 0 Å². The zero-order chi connectivity index (χ0) is 18.7. The SMILES string of the molecule is CCOC(=O)Cc1nc2ccc(Br)cn2c1NC(=O)c1ccccc1F. The van der Waals surface area contributed by atoms with Crippen LogP contribution in [0.2, 0.25) is 0 Å². The van der Waals surface area contributed by atoms with Gasteiger partial charge in [0.2, 0.25) is 0 Å². The summed E-state index contributed by atoms with van der Waals surface area (Å²) >= 11 is 3.36. The highest BCUT2D eigenvalue weighted by Gasteiger charge is 2.20. The Morgan fingerprint density at radius 2 is 2.04 bits per heavy atom. The number of rotatable bonds is 5. The lowest BCUT2D eigenvalue weighted by Crippen LogP contribution is -2.17. The number of halogens is 2. The molecule has 0 unspecified atom stereocenters. The lowest BCUT2D eigenvalue weighted by atomic mass is 10.2. The van der Waals surface area contributed by atoms with E-state index in [9.17, 15) is 14.0 Å². The van der Waals surface area contributed by atoms with Crippen molar-refractivity contribution in [3.05, 3.63) is 64.1 Å². The van der Waals surface area contributed by atoms with Crippen molar-refractivity contribution in [2.75, 3.05) is 11.9 Å². The van der Waals surface area contributed by atoms with Gasteiger partial charge in [0.1, 0.15) is 17.3 Å². The molecule has 0 aliphatic heterocycles. The standard InChI is InChI=1S/C18H15BrFN3O3/c1-2-26-16(24)9-14-17(23-10-11(19)7-8-15(23)21-14)22-18(25)12-5-3-4-6-13(12)20/h3-8,10H,2,9H2,1H3,(H,22,25). The van der Waals surface area contributed by atoms with Gasteiger partial charge in [0.05, 0.1) is 24.3 Å². The van der Waals surface area contributed by atoms with Crippen molar-refractivity contribution in [3.63, 3.8) is 0 Å². The summed E-state index contributed by atoms with van der Waals surface area (Å²) in [6.07, 6.45) is 1.59. The molecule has 2 aromatic heterocycles. The van der Waals surface area contributed by atoms with Crippen LogP contribution >= 0.6 is 15.9 Å². The van der Waals surface area contributed by atoms with E-state index in [0.29, 0.717) is 17.2 Å². The number of hydrogen-bond acceptors (Lipinski definition) is 4. The number of ether oxygens (including phenoxy) is 1. The van der Waals surface area contributed by atoms with Crippen LogP contribution in [0.4, 0.5) is 10.2 Å². The Bertz CT molecular complexity index is 987. The Morgan fingerprint density at radius 1 is 1.27 bits per heavy atom. The first-order valence-electron chi connectivity index (χ1n) is 7.87. The smallest absolute Gasteiger partial charge is 0.312 e. The number of hydrogen-bond donors (Lipinski definition) is 1. The average Bonchev–Trinajstić information content (AvgIpc) is 2.92.